The summed E-state index contributed by atoms with van der Waals surface area (Å²) >= 11 is 1.29. The van der Waals surface area contributed by atoms with E-state index in [1.165, 1.54) is 17.3 Å². The molecule has 0 saturated carbocycles. The third kappa shape index (κ3) is 4.65. The predicted octanol–water partition coefficient (Wildman–Crippen LogP) is 2.79. The molecule has 0 spiro atoms. The Morgan fingerprint density at radius 3 is 2.82 bits per heavy atom. The van der Waals surface area contributed by atoms with Gasteiger partial charge in [0.25, 0.3) is 0 Å². The maximum absolute atomic E-state index is 12.5. The zero-order chi connectivity index (χ0) is 22.8. The number of rotatable bonds is 7. The van der Waals surface area contributed by atoms with E-state index >= 15 is 0 Å². The smallest absolute Gasteiger partial charge is 0.234 e. The van der Waals surface area contributed by atoms with Gasteiger partial charge in [0.1, 0.15) is 0 Å². The lowest BCUT2D eigenvalue weighted by atomic mass is 9.99. The van der Waals surface area contributed by atoms with Gasteiger partial charge in [-0.15, -0.1) is 10.2 Å². The molecule has 10 heteroatoms. The van der Waals surface area contributed by atoms with Gasteiger partial charge in [0.05, 0.1) is 12.3 Å². The number of amides is 2. The van der Waals surface area contributed by atoms with E-state index in [-0.39, 0.29) is 30.3 Å². The minimum atomic E-state index is -0.163. The second-order valence-electron chi connectivity index (χ2n) is 7.95. The second-order valence-corrected chi connectivity index (χ2v) is 8.89. The standard InChI is InChI=1S/C23H23N5O4S/c1-27-20(12-28-11-16(9-22(28)30)15-5-3-2-4-6-15)25-26-23(27)33-13-21(29)24-17-7-8-18-19(10-17)32-14-31-18/h2-8,10,16H,9,11-14H2,1H3,(H,24,29)/t16-/m0/s1. The molecule has 0 radical (unpaired) electrons. The Kier molecular flexibility index (Phi) is 5.91. The first kappa shape index (κ1) is 21.3. The summed E-state index contributed by atoms with van der Waals surface area (Å²) in [5.41, 5.74) is 1.82. The number of carbonyl (C=O) groups excluding carboxylic acids is 2. The molecule has 1 saturated heterocycles. The van der Waals surface area contributed by atoms with E-state index in [0.717, 1.165) is 0 Å². The van der Waals surface area contributed by atoms with E-state index in [2.05, 4.69) is 27.6 Å². The predicted molar refractivity (Wildman–Crippen MR) is 122 cm³/mol. The monoisotopic (exact) mass is 465 g/mol. The number of nitrogens with zero attached hydrogens (tertiary/aromatic N) is 4. The third-order valence-electron chi connectivity index (χ3n) is 5.73. The van der Waals surface area contributed by atoms with Crippen LogP contribution in [0.4, 0.5) is 5.69 Å². The first-order valence-electron chi connectivity index (χ1n) is 10.6. The maximum atomic E-state index is 12.5. The van der Waals surface area contributed by atoms with Crippen molar-refractivity contribution in [2.24, 2.45) is 7.05 Å². The molecule has 1 atom stereocenters. The summed E-state index contributed by atoms with van der Waals surface area (Å²) in [5.74, 6) is 2.30. The van der Waals surface area contributed by atoms with Crippen LogP contribution in [-0.4, -0.2) is 50.6 Å². The van der Waals surface area contributed by atoms with E-state index in [1.807, 2.05) is 34.7 Å². The molecule has 3 aromatic rings. The number of aromatic nitrogens is 3. The maximum Gasteiger partial charge on any atom is 0.234 e. The van der Waals surface area contributed by atoms with E-state index in [1.54, 1.807) is 18.2 Å². The molecule has 2 aromatic carbocycles. The van der Waals surface area contributed by atoms with Crippen LogP contribution in [0.3, 0.4) is 0 Å². The number of hydrogen-bond acceptors (Lipinski definition) is 7. The van der Waals surface area contributed by atoms with E-state index in [4.69, 9.17) is 9.47 Å². The molecule has 1 aromatic heterocycles. The Morgan fingerprint density at radius 2 is 1.97 bits per heavy atom. The van der Waals surface area contributed by atoms with Gasteiger partial charge in [0.15, 0.2) is 22.5 Å². The van der Waals surface area contributed by atoms with Crippen molar-refractivity contribution < 1.29 is 19.1 Å². The molecule has 0 aliphatic carbocycles. The zero-order valence-electron chi connectivity index (χ0n) is 18.1. The fourth-order valence-corrected chi connectivity index (χ4v) is 4.68. The summed E-state index contributed by atoms with van der Waals surface area (Å²) in [6, 6.07) is 15.4. The fraction of sp³-hybridized carbons (Fsp3) is 0.304. The summed E-state index contributed by atoms with van der Waals surface area (Å²) in [5, 5.41) is 11.9. The molecule has 170 valence electrons. The number of likely N-dealkylation sites (tertiary alicyclic amines) is 1. The highest BCUT2D eigenvalue weighted by Gasteiger charge is 2.31. The number of thioether (sulfide) groups is 1. The highest BCUT2D eigenvalue weighted by atomic mass is 32.2. The Labute approximate surface area is 195 Å². The molecular weight excluding hydrogens is 442 g/mol. The van der Waals surface area contributed by atoms with Crippen LogP contribution in [0.1, 0.15) is 23.7 Å². The first-order chi connectivity index (χ1) is 16.1. The topological polar surface area (TPSA) is 98.6 Å². The molecule has 0 bridgehead atoms. The number of carbonyl (C=O) groups is 2. The Morgan fingerprint density at radius 1 is 1.15 bits per heavy atom. The number of benzene rings is 2. The number of ether oxygens (including phenoxy) is 2. The quantitative estimate of drug-likeness (QED) is 0.536. The average Bonchev–Trinajstić information content (AvgIpc) is 3.53. The zero-order valence-corrected chi connectivity index (χ0v) is 18.9. The van der Waals surface area contributed by atoms with Gasteiger partial charge in [-0.05, 0) is 17.7 Å². The molecule has 33 heavy (non-hydrogen) atoms. The SMILES string of the molecule is Cn1c(CN2C[C@@H](c3ccccc3)CC2=O)nnc1SCC(=O)Nc1ccc2c(c1)OCO2. The van der Waals surface area contributed by atoms with Crippen molar-refractivity contribution in [3.05, 3.63) is 59.9 Å². The molecular formula is C23H23N5O4S. The lowest BCUT2D eigenvalue weighted by Crippen LogP contribution is -2.26. The minimum absolute atomic E-state index is 0.115. The van der Waals surface area contributed by atoms with Crippen LogP contribution in [0.5, 0.6) is 11.5 Å². The average molecular weight is 466 g/mol. The lowest BCUT2D eigenvalue weighted by Gasteiger charge is -2.16. The first-order valence-corrected chi connectivity index (χ1v) is 11.6. The molecule has 9 nitrogen and oxygen atoms in total. The van der Waals surface area contributed by atoms with Crippen molar-refractivity contribution in [3.8, 4) is 11.5 Å². The highest BCUT2D eigenvalue weighted by molar-refractivity contribution is 7.99. The molecule has 2 amide bonds. The van der Waals surface area contributed by atoms with Gasteiger partial charge in [-0.2, -0.15) is 0 Å². The van der Waals surface area contributed by atoms with Crippen LogP contribution >= 0.6 is 11.8 Å². The summed E-state index contributed by atoms with van der Waals surface area (Å²) in [4.78, 5) is 26.7. The minimum Gasteiger partial charge on any atom is -0.454 e. The summed E-state index contributed by atoms with van der Waals surface area (Å²) in [6.45, 7) is 1.25. The van der Waals surface area contributed by atoms with Crippen LogP contribution in [-0.2, 0) is 23.2 Å². The Bertz CT molecular complexity index is 1180. The van der Waals surface area contributed by atoms with Gasteiger partial charge in [-0.1, -0.05) is 42.1 Å². The van der Waals surface area contributed by atoms with Gasteiger partial charge >= 0.3 is 0 Å². The molecule has 2 aliphatic heterocycles. The van der Waals surface area contributed by atoms with Gasteiger partial charge in [-0.3, -0.25) is 9.59 Å². The van der Waals surface area contributed by atoms with Crippen molar-refractivity contribution in [3.63, 3.8) is 0 Å². The fourth-order valence-electron chi connectivity index (χ4n) is 3.95. The molecule has 1 fully saturated rings. The molecule has 1 N–H and O–H groups in total. The summed E-state index contributed by atoms with van der Waals surface area (Å²) in [7, 11) is 1.85. The highest BCUT2D eigenvalue weighted by Crippen LogP contribution is 2.34. The van der Waals surface area contributed by atoms with Crippen LogP contribution in [0.25, 0.3) is 0 Å². The van der Waals surface area contributed by atoms with Gasteiger partial charge in [0.2, 0.25) is 18.6 Å². The van der Waals surface area contributed by atoms with Crippen molar-refractivity contribution in [1.29, 1.82) is 0 Å². The second kappa shape index (κ2) is 9.14. The van der Waals surface area contributed by atoms with Crippen LogP contribution in [0, 0.1) is 0 Å². The number of hydrogen-bond donors (Lipinski definition) is 1. The Hall–Kier alpha value is -3.53. The third-order valence-corrected chi connectivity index (χ3v) is 6.75. The largest absolute Gasteiger partial charge is 0.454 e. The van der Waals surface area contributed by atoms with E-state index in [9.17, 15) is 9.59 Å². The normalized spacial score (nSPS) is 16.9. The van der Waals surface area contributed by atoms with Gasteiger partial charge in [0, 0.05) is 37.7 Å². The summed E-state index contributed by atoms with van der Waals surface area (Å²) in [6.07, 6.45) is 0.503. The van der Waals surface area contributed by atoms with Gasteiger partial charge < -0.3 is 24.3 Å². The van der Waals surface area contributed by atoms with Crippen molar-refractivity contribution in [2.75, 3.05) is 24.4 Å². The number of nitrogens with one attached hydrogen (secondary N) is 1. The molecule has 3 heterocycles. The van der Waals surface area contributed by atoms with Crippen molar-refractivity contribution >= 4 is 29.3 Å². The van der Waals surface area contributed by atoms with Crippen LogP contribution < -0.4 is 14.8 Å². The van der Waals surface area contributed by atoms with E-state index < -0.39 is 0 Å². The Balaban J connectivity index is 1.16. The van der Waals surface area contributed by atoms with Crippen molar-refractivity contribution in [2.45, 2.75) is 24.0 Å². The molecule has 0 unspecified atom stereocenters. The number of fused-ring (bicyclic) bond motifs is 1. The summed E-state index contributed by atoms with van der Waals surface area (Å²) < 4.78 is 12.4. The van der Waals surface area contributed by atoms with Crippen molar-refractivity contribution in [1.82, 2.24) is 19.7 Å². The van der Waals surface area contributed by atoms with Crippen LogP contribution in [0.2, 0.25) is 0 Å². The lowest BCUT2D eigenvalue weighted by molar-refractivity contribution is -0.128. The molecule has 2 aliphatic rings. The van der Waals surface area contributed by atoms with Crippen LogP contribution in [0.15, 0.2) is 53.7 Å². The number of anilines is 1. The van der Waals surface area contributed by atoms with Gasteiger partial charge in [-0.25, -0.2) is 0 Å². The molecule has 5 rings (SSSR count). The van der Waals surface area contributed by atoms with E-state index in [0.29, 0.717) is 47.7 Å².